The molecule has 0 spiro atoms. The Balaban J connectivity index is 1.45. The number of rotatable bonds is 10. The lowest BCUT2D eigenvalue weighted by Crippen LogP contribution is -2.51. The minimum absolute atomic E-state index is 0.198. The maximum absolute atomic E-state index is 13.7. The molecule has 1 saturated heterocycles. The summed E-state index contributed by atoms with van der Waals surface area (Å²) in [6, 6.07) is 28.9. The van der Waals surface area contributed by atoms with Crippen LogP contribution >= 0.6 is 0 Å². The average molecular weight is 444 g/mol. The van der Waals surface area contributed by atoms with Crippen molar-refractivity contribution in [1.82, 2.24) is 15.1 Å². The molecule has 1 fully saturated rings. The lowest BCUT2D eigenvalue weighted by atomic mass is 9.84. The topological polar surface area (TPSA) is 61.9 Å². The van der Waals surface area contributed by atoms with Crippen LogP contribution in [0.3, 0.4) is 0 Å². The number of para-hydroxylation sites is 1. The van der Waals surface area contributed by atoms with Crippen LogP contribution in [0.1, 0.15) is 11.1 Å². The van der Waals surface area contributed by atoms with Gasteiger partial charge in [0.05, 0.1) is 6.67 Å². The molecule has 0 radical (unpaired) electrons. The summed E-state index contributed by atoms with van der Waals surface area (Å²) in [5, 5.41) is 3.03. The molecular weight excluding hydrogens is 414 g/mol. The molecule has 0 atom stereocenters. The molecule has 1 aliphatic rings. The monoisotopic (exact) mass is 443 g/mol. The predicted octanol–water partition coefficient (Wildman–Crippen LogP) is 3.73. The molecule has 1 N–H and O–H groups in total. The van der Waals surface area contributed by atoms with Crippen LogP contribution < -0.4 is 10.1 Å². The highest BCUT2D eigenvalue weighted by Crippen LogP contribution is 2.27. The molecule has 3 amide bonds. The van der Waals surface area contributed by atoms with E-state index in [1.165, 1.54) is 4.90 Å². The van der Waals surface area contributed by atoms with E-state index in [0.29, 0.717) is 26.0 Å². The fraction of sp³-hybridized carbons (Fsp3) is 0.259. The van der Waals surface area contributed by atoms with E-state index in [-0.39, 0.29) is 18.6 Å². The van der Waals surface area contributed by atoms with Crippen molar-refractivity contribution in [3.05, 3.63) is 102 Å². The fourth-order valence-corrected chi connectivity index (χ4v) is 4.14. The number of ether oxygens (including phenoxy) is 1. The van der Waals surface area contributed by atoms with E-state index in [1.807, 2.05) is 103 Å². The standard InChI is InChI=1S/C27H29N3O3/c1-29(17-18-33-24-15-9-4-10-16-24)21-30-25(31)27(28-26(30)32,19-22-11-5-2-6-12-22)20-23-13-7-3-8-14-23/h2-16H,17-21H2,1H3,(H,28,32). The molecule has 0 aromatic heterocycles. The van der Waals surface area contributed by atoms with E-state index in [9.17, 15) is 9.59 Å². The number of carbonyl (C=O) groups excluding carboxylic acids is 2. The summed E-state index contributed by atoms with van der Waals surface area (Å²) in [6.45, 7) is 1.24. The summed E-state index contributed by atoms with van der Waals surface area (Å²) in [6.07, 6.45) is 0.870. The second kappa shape index (κ2) is 10.3. The van der Waals surface area contributed by atoms with Gasteiger partial charge in [0.15, 0.2) is 0 Å². The summed E-state index contributed by atoms with van der Waals surface area (Å²) in [4.78, 5) is 29.8. The van der Waals surface area contributed by atoms with Crippen LogP contribution in [-0.4, -0.2) is 54.1 Å². The van der Waals surface area contributed by atoms with Crippen molar-refractivity contribution in [2.75, 3.05) is 26.9 Å². The van der Waals surface area contributed by atoms with Gasteiger partial charge in [0, 0.05) is 19.4 Å². The Bertz CT molecular complexity index is 1020. The second-order valence-electron chi connectivity index (χ2n) is 8.45. The molecule has 170 valence electrons. The first kappa shape index (κ1) is 22.6. The van der Waals surface area contributed by atoms with Gasteiger partial charge >= 0.3 is 6.03 Å². The van der Waals surface area contributed by atoms with Crippen LogP contribution in [0.4, 0.5) is 4.79 Å². The van der Waals surface area contributed by atoms with Gasteiger partial charge in [-0.05, 0) is 30.3 Å². The van der Waals surface area contributed by atoms with Gasteiger partial charge in [-0.15, -0.1) is 0 Å². The fourth-order valence-electron chi connectivity index (χ4n) is 4.14. The minimum Gasteiger partial charge on any atom is -0.492 e. The van der Waals surface area contributed by atoms with Crippen molar-refractivity contribution in [3.8, 4) is 5.75 Å². The SMILES string of the molecule is CN(CCOc1ccccc1)CN1C(=O)NC(Cc2ccccc2)(Cc2ccccc2)C1=O. The first-order valence-corrected chi connectivity index (χ1v) is 11.1. The van der Waals surface area contributed by atoms with E-state index in [1.54, 1.807) is 0 Å². The summed E-state index contributed by atoms with van der Waals surface area (Å²) >= 11 is 0. The lowest BCUT2D eigenvalue weighted by molar-refractivity contribution is -0.132. The normalized spacial score (nSPS) is 15.0. The van der Waals surface area contributed by atoms with Gasteiger partial charge in [-0.25, -0.2) is 9.69 Å². The molecule has 33 heavy (non-hydrogen) atoms. The van der Waals surface area contributed by atoms with Crippen molar-refractivity contribution in [3.63, 3.8) is 0 Å². The maximum Gasteiger partial charge on any atom is 0.326 e. The Hall–Kier alpha value is -3.64. The average Bonchev–Trinajstić information content (AvgIpc) is 3.05. The van der Waals surface area contributed by atoms with Crippen LogP contribution in [0.25, 0.3) is 0 Å². The zero-order valence-corrected chi connectivity index (χ0v) is 18.8. The molecule has 1 heterocycles. The highest BCUT2D eigenvalue weighted by molar-refractivity contribution is 6.07. The van der Waals surface area contributed by atoms with Crippen molar-refractivity contribution < 1.29 is 14.3 Å². The van der Waals surface area contributed by atoms with Crippen molar-refractivity contribution in [1.29, 1.82) is 0 Å². The van der Waals surface area contributed by atoms with Crippen LogP contribution in [0.15, 0.2) is 91.0 Å². The van der Waals surface area contributed by atoms with E-state index in [0.717, 1.165) is 16.9 Å². The smallest absolute Gasteiger partial charge is 0.326 e. The molecule has 3 aromatic rings. The van der Waals surface area contributed by atoms with Gasteiger partial charge in [0.1, 0.15) is 17.9 Å². The summed E-state index contributed by atoms with van der Waals surface area (Å²) < 4.78 is 5.75. The summed E-state index contributed by atoms with van der Waals surface area (Å²) in [5.74, 6) is 0.599. The van der Waals surface area contributed by atoms with Crippen LogP contribution in [-0.2, 0) is 17.6 Å². The predicted molar refractivity (Wildman–Crippen MR) is 128 cm³/mol. The largest absolute Gasteiger partial charge is 0.492 e. The van der Waals surface area contributed by atoms with Crippen molar-refractivity contribution in [2.45, 2.75) is 18.4 Å². The molecule has 0 saturated carbocycles. The third kappa shape index (κ3) is 5.59. The number of imide groups is 1. The Kier molecular flexibility index (Phi) is 7.05. The first-order chi connectivity index (χ1) is 16.1. The lowest BCUT2D eigenvalue weighted by Gasteiger charge is -2.28. The van der Waals surface area contributed by atoms with Crippen molar-refractivity contribution in [2.24, 2.45) is 0 Å². The van der Waals surface area contributed by atoms with E-state index >= 15 is 0 Å². The van der Waals surface area contributed by atoms with Gasteiger partial charge < -0.3 is 10.1 Å². The first-order valence-electron chi connectivity index (χ1n) is 11.1. The summed E-state index contributed by atoms with van der Waals surface area (Å²) in [7, 11) is 1.88. The zero-order chi connectivity index (χ0) is 23.1. The number of hydrogen-bond acceptors (Lipinski definition) is 4. The van der Waals surface area contributed by atoms with E-state index in [2.05, 4.69) is 5.32 Å². The second-order valence-corrected chi connectivity index (χ2v) is 8.45. The Labute approximate surface area is 194 Å². The Morgan fingerprint density at radius 1 is 0.818 bits per heavy atom. The minimum atomic E-state index is -1.01. The molecular formula is C27H29N3O3. The molecule has 4 rings (SSSR count). The Morgan fingerprint density at radius 2 is 1.33 bits per heavy atom. The number of amides is 3. The number of carbonyl (C=O) groups is 2. The van der Waals surface area contributed by atoms with Gasteiger partial charge in [0.25, 0.3) is 5.91 Å². The molecule has 6 heteroatoms. The maximum atomic E-state index is 13.7. The molecule has 0 aliphatic carbocycles. The van der Waals surface area contributed by atoms with Crippen LogP contribution in [0, 0.1) is 0 Å². The molecule has 3 aromatic carbocycles. The number of likely N-dealkylation sites (N-methyl/N-ethyl adjacent to an activating group) is 1. The zero-order valence-electron chi connectivity index (χ0n) is 18.8. The number of nitrogens with zero attached hydrogens (tertiary/aromatic N) is 2. The number of hydrogen-bond donors (Lipinski definition) is 1. The van der Waals surface area contributed by atoms with E-state index in [4.69, 9.17) is 4.74 Å². The Morgan fingerprint density at radius 3 is 1.88 bits per heavy atom. The third-order valence-corrected chi connectivity index (χ3v) is 5.81. The highest BCUT2D eigenvalue weighted by atomic mass is 16.5. The highest BCUT2D eigenvalue weighted by Gasteiger charge is 2.51. The van der Waals surface area contributed by atoms with Gasteiger partial charge in [0.2, 0.25) is 0 Å². The third-order valence-electron chi connectivity index (χ3n) is 5.81. The van der Waals surface area contributed by atoms with Gasteiger partial charge in [-0.2, -0.15) is 0 Å². The van der Waals surface area contributed by atoms with Crippen molar-refractivity contribution >= 4 is 11.9 Å². The molecule has 0 bridgehead atoms. The molecule has 6 nitrogen and oxygen atoms in total. The van der Waals surface area contributed by atoms with Crippen LogP contribution in [0.2, 0.25) is 0 Å². The van der Waals surface area contributed by atoms with E-state index < -0.39 is 5.54 Å². The van der Waals surface area contributed by atoms with Crippen LogP contribution in [0.5, 0.6) is 5.75 Å². The van der Waals surface area contributed by atoms with Gasteiger partial charge in [-0.1, -0.05) is 78.9 Å². The number of nitrogens with one attached hydrogen (secondary N) is 1. The molecule has 0 unspecified atom stereocenters. The number of urea groups is 1. The number of benzene rings is 3. The summed E-state index contributed by atoms with van der Waals surface area (Å²) in [5.41, 5.74) is 1.00. The quantitative estimate of drug-likeness (QED) is 0.485. The van der Waals surface area contributed by atoms with Gasteiger partial charge in [-0.3, -0.25) is 9.69 Å². The molecule has 1 aliphatic heterocycles.